The highest BCUT2D eigenvalue weighted by Crippen LogP contribution is 2.42. The maximum absolute atomic E-state index is 6.26. The molecule has 0 fully saturated rings. The van der Waals surface area contributed by atoms with Crippen molar-refractivity contribution in [1.82, 2.24) is 5.32 Å². The van der Waals surface area contributed by atoms with Crippen molar-refractivity contribution in [3.8, 4) is 5.75 Å². The van der Waals surface area contributed by atoms with Gasteiger partial charge < -0.3 is 10.1 Å². The Bertz CT molecular complexity index is 433. The molecule has 1 aliphatic rings. The fourth-order valence-corrected chi connectivity index (χ4v) is 3.36. The zero-order chi connectivity index (χ0) is 13.3. The van der Waals surface area contributed by atoms with Gasteiger partial charge in [0.1, 0.15) is 11.4 Å². The number of rotatable bonds is 3. The molecule has 18 heavy (non-hydrogen) atoms. The van der Waals surface area contributed by atoms with E-state index in [4.69, 9.17) is 4.74 Å². The first-order valence-corrected chi connectivity index (χ1v) is 7.38. The van der Waals surface area contributed by atoms with Gasteiger partial charge in [-0.15, -0.1) is 0 Å². The average molecular weight is 312 g/mol. The molecular formula is C15H22BrNO. The largest absolute Gasteiger partial charge is 0.487 e. The second-order valence-electron chi connectivity index (χ2n) is 5.88. The predicted molar refractivity (Wildman–Crippen MR) is 79.0 cm³/mol. The SMILES string of the molecule is CNC1CC(C)(CC(C)C)Oc2ccc(Br)cc21. The minimum atomic E-state index is -0.0668. The Labute approximate surface area is 118 Å². The van der Waals surface area contributed by atoms with Crippen molar-refractivity contribution in [1.29, 1.82) is 0 Å². The minimum absolute atomic E-state index is 0.0668. The van der Waals surface area contributed by atoms with Crippen LogP contribution in [-0.4, -0.2) is 12.6 Å². The molecule has 2 unspecified atom stereocenters. The van der Waals surface area contributed by atoms with Gasteiger partial charge in [-0.3, -0.25) is 0 Å². The summed E-state index contributed by atoms with van der Waals surface area (Å²) in [5.74, 6) is 1.66. The van der Waals surface area contributed by atoms with Crippen LogP contribution >= 0.6 is 15.9 Å². The van der Waals surface area contributed by atoms with Gasteiger partial charge in [0.05, 0.1) is 0 Å². The van der Waals surface area contributed by atoms with E-state index in [0.717, 1.165) is 23.1 Å². The van der Waals surface area contributed by atoms with E-state index in [9.17, 15) is 0 Å². The normalized spacial score (nSPS) is 26.9. The summed E-state index contributed by atoms with van der Waals surface area (Å²) in [5.41, 5.74) is 1.19. The Hall–Kier alpha value is -0.540. The summed E-state index contributed by atoms with van der Waals surface area (Å²) in [5, 5.41) is 3.41. The molecule has 0 spiro atoms. The van der Waals surface area contributed by atoms with E-state index >= 15 is 0 Å². The van der Waals surface area contributed by atoms with Crippen molar-refractivity contribution in [2.24, 2.45) is 5.92 Å². The lowest BCUT2D eigenvalue weighted by Gasteiger charge is -2.41. The first-order valence-electron chi connectivity index (χ1n) is 6.59. The Morgan fingerprint density at radius 2 is 2.22 bits per heavy atom. The Balaban J connectivity index is 2.33. The zero-order valence-electron chi connectivity index (χ0n) is 11.6. The van der Waals surface area contributed by atoms with Crippen molar-refractivity contribution < 1.29 is 4.74 Å². The van der Waals surface area contributed by atoms with Crippen LogP contribution in [0.2, 0.25) is 0 Å². The lowest BCUT2D eigenvalue weighted by atomic mass is 9.83. The molecule has 100 valence electrons. The molecule has 1 N–H and O–H groups in total. The van der Waals surface area contributed by atoms with Crippen molar-refractivity contribution in [2.45, 2.75) is 45.3 Å². The third-order valence-corrected chi connectivity index (χ3v) is 4.02. The van der Waals surface area contributed by atoms with Crippen LogP contribution in [-0.2, 0) is 0 Å². The summed E-state index contributed by atoms with van der Waals surface area (Å²) in [6.45, 7) is 6.72. The van der Waals surface area contributed by atoms with Crippen molar-refractivity contribution >= 4 is 15.9 Å². The highest BCUT2D eigenvalue weighted by molar-refractivity contribution is 9.10. The van der Waals surface area contributed by atoms with Crippen LogP contribution < -0.4 is 10.1 Å². The average Bonchev–Trinajstić information content (AvgIpc) is 2.27. The van der Waals surface area contributed by atoms with E-state index in [-0.39, 0.29) is 5.60 Å². The maximum atomic E-state index is 6.26. The molecule has 0 amide bonds. The lowest BCUT2D eigenvalue weighted by Crippen LogP contribution is -2.42. The quantitative estimate of drug-likeness (QED) is 0.898. The van der Waals surface area contributed by atoms with Crippen LogP contribution in [0.25, 0.3) is 0 Å². The fourth-order valence-electron chi connectivity index (χ4n) is 2.98. The van der Waals surface area contributed by atoms with Crippen molar-refractivity contribution in [3.05, 3.63) is 28.2 Å². The van der Waals surface area contributed by atoms with E-state index in [1.807, 2.05) is 13.1 Å². The first-order chi connectivity index (χ1) is 8.43. The second kappa shape index (κ2) is 5.22. The van der Waals surface area contributed by atoms with Gasteiger partial charge in [0.25, 0.3) is 0 Å². The maximum Gasteiger partial charge on any atom is 0.124 e. The van der Waals surface area contributed by atoms with E-state index < -0.39 is 0 Å². The Morgan fingerprint density at radius 3 is 2.83 bits per heavy atom. The van der Waals surface area contributed by atoms with Gasteiger partial charge in [-0.2, -0.15) is 0 Å². The lowest BCUT2D eigenvalue weighted by molar-refractivity contribution is 0.0297. The van der Waals surface area contributed by atoms with Crippen LogP contribution in [0.3, 0.4) is 0 Å². The zero-order valence-corrected chi connectivity index (χ0v) is 13.2. The third-order valence-electron chi connectivity index (χ3n) is 3.53. The molecule has 1 aliphatic heterocycles. The molecule has 1 heterocycles. The molecule has 0 saturated heterocycles. The molecule has 2 rings (SSSR count). The van der Waals surface area contributed by atoms with Gasteiger partial charge in [-0.25, -0.2) is 0 Å². The van der Waals surface area contributed by atoms with Crippen LogP contribution in [0.4, 0.5) is 0 Å². The van der Waals surface area contributed by atoms with Gasteiger partial charge in [0.2, 0.25) is 0 Å². The van der Waals surface area contributed by atoms with Crippen LogP contribution in [0.1, 0.15) is 45.2 Å². The molecule has 3 heteroatoms. The monoisotopic (exact) mass is 311 g/mol. The molecule has 2 atom stereocenters. The summed E-state index contributed by atoms with van der Waals surface area (Å²) >= 11 is 3.53. The summed E-state index contributed by atoms with van der Waals surface area (Å²) in [6, 6.07) is 6.65. The van der Waals surface area contributed by atoms with Crippen molar-refractivity contribution in [2.75, 3.05) is 7.05 Å². The number of hydrogen-bond acceptors (Lipinski definition) is 2. The molecular weight excluding hydrogens is 290 g/mol. The minimum Gasteiger partial charge on any atom is -0.487 e. The van der Waals surface area contributed by atoms with Gasteiger partial charge in [0, 0.05) is 22.5 Å². The van der Waals surface area contributed by atoms with Gasteiger partial charge in [-0.05, 0) is 44.5 Å². The Morgan fingerprint density at radius 1 is 1.50 bits per heavy atom. The number of hydrogen-bond donors (Lipinski definition) is 1. The number of benzene rings is 1. The summed E-state index contributed by atoms with van der Waals surface area (Å²) < 4.78 is 7.37. The summed E-state index contributed by atoms with van der Waals surface area (Å²) in [6.07, 6.45) is 2.10. The van der Waals surface area contributed by atoms with Gasteiger partial charge in [-0.1, -0.05) is 29.8 Å². The van der Waals surface area contributed by atoms with E-state index in [1.54, 1.807) is 0 Å². The molecule has 0 aliphatic carbocycles. The van der Waals surface area contributed by atoms with E-state index in [2.05, 4.69) is 54.2 Å². The fraction of sp³-hybridized carbons (Fsp3) is 0.600. The third kappa shape index (κ3) is 2.89. The first kappa shape index (κ1) is 13.9. The summed E-state index contributed by atoms with van der Waals surface area (Å²) in [7, 11) is 2.02. The van der Waals surface area contributed by atoms with Crippen LogP contribution in [0.15, 0.2) is 22.7 Å². The smallest absolute Gasteiger partial charge is 0.124 e. The van der Waals surface area contributed by atoms with Gasteiger partial charge in [0.15, 0.2) is 0 Å². The Kier molecular flexibility index (Phi) is 4.02. The molecule has 0 radical (unpaired) electrons. The molecule has 0 aromatic heterocycles. The van der Waals surface area contributed by atoms with E-state index in [0.29, 0.717) is 12.0 Å². The van der Waals surface area contributed by atoms with Crippen LogP contribution in [0, 0.1) is 5.92 Å². The molecule has 1 aromatic rings. The number of halogens is 1. The topological polar surface area (TPSA) is 21.3 Å². The highest BCUT2D eigenvalue weighted by atomic mass is 79.9. The molecule has 0 bridgehead atoms. The molecule has 2 nitrogen and oxygen atoms in total. The summed E-state index contributed by atoms with van der Waals surface area (Å²) in [4.78, 5) is 0. The molecule has 0 saturated carbocycles. The van der Waals surface area contributed by atoms with Crippen molar-refractivity contribution in [3.63, 3.8) is 0 Å². The number of ether oxygens (including phenoxy) is 1. The predicted octanol–water partition coefficient (Wildman–Crippen LogP) is 4.30. The number of fused-ring (bicyclic) bond motifs is 1. The highest BCUT2D eigenvalue weighted by Gasteiger charge is 2.37. The molecule has 1 aromatic carbocycles. The standard InChI is InChI=1S/C15H22BrNO/c1-10(2)8-15(3)9-13(17-4)12-7-11(16)5-6-14(12)18-15/h5-7,10,13,17H,8-9H2,1-4H3. The number of nitrogens with one attached hydrogen (secondary N) is 1. The van der Waals surface area contributed by atoms with E-state index in [1.165, 1.54) is 5.56 Å². The van der Waals surface area contributed by atoms with Gasteiger partial charge >= 0.3 is 0 Å². The van der Waals surface area contributed by atoms with Crippen LogP contribution in [0.5, 0.6) is 5.75 Å². The second-order valence-corrected chi connectivity index (χ2v) is 6.79.